The van der Waals surface area contributed by atoms with Gasteiger partial charge in [0, 0.05) is 12.4 Å². The number of primary amides is 1. The second kappa shape index (κ2) is 11.7. The number of hydrogen-bond donors (Lipinski definition) is 4. The molecule has 240 valence electrons. The molecule has 0 aliphatic carbocycles. The minimum absolute atomic E-state index is 0.0871. The fourth-order valence-corrected chi connectivity index (χ4v) is 8.42. The molecule has 45 heavy (non-hydrogen) atoms. The summed E-state index contributed by atoms with van der Waals surface area (Å²) in [6, 6.07) is 6.46. The van der Waals surface area contributed by atoms with Gasteiger partial charge in [0.05, 0.1) is 25.1 Å². The SMILES string of the molecule is NC(=O)c1cc([C@@H]2O[C@@H]3COP(O)(=S)O[C@H]4[C@@H](F)[C@H](n5cnc6c5ncn5cccc65)O[C@@H]4COP(O)(=S)O[C@@H]2[C@@H]3O)ccn1. The Morgan fingerprint density at radius 2 is 1.76 bits per heavy atom. The van der Waals surface area contributed by atoms with Crippen molar-refractivity contribution in [2.45, 2.75) is 49.0 Å². The first-order chi connectivity index (χ1) is 21.4. The molecular formula is C24H25FN6O10P2S2. The molecule has 0 spiro atoms. The van der Waals surface area contributed by atoms with Crippen molar-refractivity contribution in [3.63, 3.8) is 0 Å². The Morgan fingerprint density at radius 3 is 2.51 bits per heavy atom. The molecule has 4 aromatic heterocycles. The maximum atomic E-state index is 16.2. The minimum atomic E-state index is -4.21. The highest BCUT2D eigenvalue weighted by molar-refractivity contribution is 8.07. The first kappa shape index (κ1) is 31.3. The van der Waals surface area contributed by atoms with Crippen LogP contribution in [0.5, 0.6) is 0 Å². The summed E-state index contributed by atoms with van der Waals surface area (Å²) < 4.78 is 53.6. The summed E-state index contributed by atoms with van der Waals surface area (Å²) in [5.74, 6) is -0.809. The molecule has 3 saturated heterocycles. The number of fused-ring (bicyclic) bond motifs is 6. The fourth-order valence-electron chi connectivity index (χ4n) is 5.56. The number of nitrogens with two attached hydrogens (primary N) is 1. The van der Waals surface area contributed by atoms with E-state index in [0.29, 0.717) is 16.7 Å². The molecule has 16 nitrogen and oxygen atoms in total. The largest absolute Gasteiger partial charge is 0.387 e. The predicted molar refractivity (Wildman–Crippen MR) is 158 cm³/mol. The van der Waals surface area contributed by atoms with Crippen LogP contribution in [0.15, 0.2) is 49.3 Å². The minimum Gasteiger partial charge on any atom is -0.387 e. The zero-order chi connectivity index (χ0) is 31.7. The highest BCUT2D eigenvalue weighted by atomic mass is 32.5. The Bertz CT molecular complexity index is 1880. The van der Waals surface area contributed by atoms with Gasteiger partial charge in [-0.15, -0.1) is 0 Å². The lowest BCUT2D eigenvalue weighted by molar-refractivity contribution is -0.0486. The van der Waals surface area contributed by atoms with Crippen LogP contribution < -0.4 is 5.73 Å². The van der Waals surface area contributed by atoms with Gasteiger partial charge in [0.2, 0.25) is 0 Å². The summed E-state index contributed by atoms with van der Waals surface area (Å²) in [5.41, 5.74) is 7.14. The van der Waals surface area contributed by atoms with E-state index >= 15 is 4.39 Å². The number of carbonyl (C=O) groups is 1. The Labute approximate surface area is 263 Å². The maximum Gasteiger partial charge on any atom is 0.325 e. The fraction of sp³-hybridized carbons (Fsp3) is 0.417. The van der Waals surface area contributed by atoms with Crippen LogP contribution in [0.2, 0.25) is 0 Å². The van der Waals surface area contributed by atoms with E-state index in [1.807, 2.05) is 12.1 Å². The summed E-state index contributed by atoms with van der Waals surface area (Å²) in [4.78, 5) is 46.4. The lowest BCUT2D eigenvalue weighted by Gasteiger charge is -2.27. The molecule has 2 bridgehead atoms. The first-order valence-corrected chi connectivity index (χ1v) is 18.6. The summed E-state index contributed by atoms with van der Waals surface area (Å²) in [5, 5.41) is 11.1. The standard InChI is InChI=1S/C24H25FN6O10P2S2/c25-16-20-15(39-24(16)31-10-28-17-13-2-1-5-30(13)9-29-23(17)31)8-37-43(35,45)41-21-18(32)14(7-36-42(34,44)40-20)38-19(21)11-3-4-27-12(6-11)22(26)33/h1-6,9-10,14-16,18-21,24,32H,7-8H2,(H2,26,33)(H,34,44)(H,35,45)/t14-,15-,16-,18-,19+,20-,21-,24-,42?,43?/m1/s1. The van der Waals surface area contributed by atoms with Crippen molar-refractivity contribution < 1.29 is 51.6 Å². The topological polar surface area (TPSA) is 207 Å². The highest BCUT2D eigenvalue weighted by Crippen LogP contribution is 2.54. The number of carbonyl (C=O) groups excluding carboxylic acids is 1. The number of hydrogen-bond acceptors (Lipinski definition) is 13. The number of alkyl halides is 1. The molecule has 1 amide bonds. The van der Waals surface area contributed by atoms with Gasteiger partial charge in [-0.1, -0.05) is 0 Å². The van der Waals surface area contributed by atoms with Gasteiger partial charge in [0.1, 0.15) is 54.2 Å². The van der Waals surface area contributed by atoms with Gasteiger partial charge in [-0.05, 0) is 53.4 Å². The van der Waals surface area contributed by atoms with Crippen molar-refractivity contribution in [1.29, 1.82) is 0 Å². The van der Waals surface area contributed by atoms with Gasteiger partial charge in [-0.2, -0.15) is 0 Å². The quantitative estimate of drug-likeness (QED) is 0.221. The molecule has 3 aliphatic heterocycles. The number of aliphatic hydroxyl groups excluding tert-OH is 1. The Hall–Kier alpha value is -2.35. The Morgan fingerprint density at radius 1 is 1.02 bits per heavy atom. The molecule has 7 heterocycles. The van der Waals surface area contributed by atoms with E-state index < -0.39 is 81.6 Å². The van der Waals surface area contributed by atoms with E-state index in [0.717, 1.165) is 5.52 Å². The van der Waals surface area contributed by atoms with E-state index in [2.05, 4.69) is 15.0 Å². The number of pyridine rings is 1. The number of imidazole rings is 1. The normalized spacial score (nSPS) is 37.6. The van der Waals surface area contributed by atoms with Gasteiger partial charge in [0.25, 0.3) is 5.91 Å². The van der Waals surface area contributed by atoms with Crippen molar-refractivity contribution in [2.24, 2.45) is 5.73 Å². The Balaban J connectivity index is 1.19. The molecular weight excluding hydrogens is 677 g/mol. The number of amides is 1. The Kier molecular flexibility index (Phi) is 8.14. The zero-order valence-electron chi connectivity index (χ0n) is 22.8. The number of ether oxygens (including phenoxy) is 2. The number of aliphatic hydroxyl groups is 1. The molecule has 2 unspecified atom stereocenters. The first-order valence-electron chi connectivity index (χ1n) is 13.4. The van der Waals surface area contributed by atoms with Crippen LogP contribution in [0, 0.1) is 0 Å². The van der Waals surface area contributed by atoms with Crippen LogP contribution in [0.25, 0.3) is 16.7 Å². The van der Waals surface area contributed by atoms with Crippen LogP contribution in [0.4, 0.5) is 4.39 Å². The number of rotatable bonds is 3. The smallest absolute Gasteiger partial charge is 0.325 e. The van der Waals surface area contributed by atoms with E-state index in [-0.39, 0.29) is 5.69 Å². The van der Waals surface area contributed by atoms with Crippen molar-refractivity contribution >= 4 is 59.6 Å². The van der Waals surface area contributed by atoms with Crippen LogP contribution in [-0.4, -0.2) is 94.6 Å². The average Bonchev–Trinajstić information content (AvgIpc) is 3.77. The van der Waals surface area contributed by atoms with Crippen molar-refractivity contribution in [2.75, 3.05) is 13.2 Å². The van der Waals surface area contributed by atoms with Gasteiger partial charge >= 0.3 is 13.4 Å². The molecule has 4 aromatic rings. The molecule has 0 radical (unpaired) electrons. The van der Waals surface area contributed by atoms with E-state index in [1.54, 1.807) is 16.9 Å². The van der Waals surface area contributed by atoms with Crippen molar-refractivity contribution in [3.05, 3.63) is 60.6 Å². The lowest BCUT2D eigenvalue weighted by Crippen LogP contribution is -2.34. The molecule has 5 N–H and O–H groups in total. The third kappa shape index (κ3) is 5.87. The predicted octanol–water partition coefficient (Wildman–Crippen LogP) is 1.17. The third-order valence-electron chi connectivity index (χ3n) is 7.65. The molecule has 0 aromatic carbocycles. The second-order valence-electron chi connectivity index (χ2n) is 10.5. The van der Waals surface area contributed by atoms with E-state index in [4.69, 9.17) is 56.9 Å². The van der Waals surface area contributed by atoms with Gasteiger partial charge in [-0.25, -0.2) is 14.4 Å². The van der Waals surface area contributed by atoms with Gasteiger partial charge in [0.15, 0.2) is 18.0 Å². The molecule has 21 heteroatoms. The highest BCUT2D eigenvalue weighted by Gasteiger charge is 2.53. The maximum absolute atomic E-state index is 16.2. The van der Waals surface area contributed by atoms with Crippen molar-refractivity contribution in [3.8, 4) is 0 Å². The van der Waals surface area contributed by atoms with Crippen molar-refractivity contribution in [1.82, 2.24) is 23.9 Å². The summed E-state index contributed by atoms with van der Waals surface area (Å²) in [6.45, 7) is -9.48. The molecule has 10 atom stereocenters. The van der Waals surface area contributed by atoms with Gasteiger partial charge < -0.3 is 43.5 Å². The molecule has 0 saturated carbocycles. The number of nitrogens with zero attached hydrogens (tertiary/aromatic N) is 5. The van der Waals surface area contributed by atoms with Crippen LogP contribution in [-0.2, 0) is 51.2 Å². The lowest BCUT2D eigenvalue weighted by atomic mass is 10.0. The summed E-state index contributed by atoms with van der Waals surface area (Å²) in [6.07, 6.45) is -5.25. The van der Waals surface area contributed by atoms with Crippen LogP contribution in [0.1, 0.15) is 28.4 Å². The van der Waals surface area contributed by atoms with E-state index in [1.165, 1.54) is 29.2 Å². The number of halogens is 1. The zero-order valence-corrected chi connectivity index (χ0v) is 26.2. The number of aromatic nitrogens is 5. The van der Waals surface area contributed by atoms with Crippen LogP contribution >= 0.6 is 13.4 Å². The van der Waals surface area contributed by atoms with Gasteiger partial charge in [-0.3, -0.25) is 23.4 Å². The van der Waals surface area contributed by atoms with E-state index in [9.17, 15) is 19.7 Å². The summed E-state index contributed by atoms with van der Waals surface area (Å²) in [7, 11) is 0. The monoisotopic (exact) mass is 702 g/mol. The second-order valence-corrected chi connectivity index (χ2v) is 16.1. The summed E-state index contributed by atoms with van der Waals surface area (Å²) >= 11 is 10.4. The molecule has 3 fully saturated rings. The van der Waals surface area contributed by atoms with Crippen LogP contribution in [0.3, 0.4) is 0 Å². The third-order valence-corrected chi connectivity index (χ3v) is 10.8. The molecule has 3 aliphatic rings. The average molecular weight is 703 g/mol. The molecule has 7 rings (SSSR count).